The van der Waals surface area contributed by atoms with Crippen LogP contribution in [0.5, 0.6) is 0 Å². The summed E-state index contributed by atoms with van der Waals surface area (Å²) in [4.78, 5) is 17.0. The zero-order chi connectivity index (χ0) is 16.5. The Morgan fingerprint density at radius 1 is 1.33 bits per heavy atom. The van der Waals surface area contributed by atoms with Gasteiger partial charge in [0, 0.05) is 28.9 Å². The van der Waals surface area contributed by atoms with E-state index in [2.05, 4.69) is 52.1 Å². The Labute approximate surface area is 145 Å². The largest absolute Gasteiger partial charge is 0.348 e. The molecule has 0 spiro atoms. The average molecular weight is 339 g/mol. The Balaban J connectivity index is 1.63. The molecule has 1 aromatic carbocycles. The zero-order valence-corrected chi connectivity index (χ0v) is 14.6. The summed E-state index contributed by atoms with van der Waals surface area (Å²) in [6.07, 6.45) is 4.60. The van der Waals surface area contributed by atoms with E-state index in [4.69, 9.17) is 0 Å². The summed E-state index contributed by atoms with van der Waals surface area (Å²) in [6, 6.07) is 10.8. The first-order valence-electron chi connectivity index (χ1n) is 8.61. The van der Waals surface area contributed by atoms with Crippen molar-refractivity contribution in [2.75, 3.05) is 0 Å². The van der Waals surface area contributed by atoms with Crippen LogP contribution in [0.4, 0.5) is 0 Å². The van der Waals surface area contributed by atoms with Gasteiger partial charge in [0.2, 0.25) is 0 Å². The van der Waals surface area contributed by atoms with Crippen LogP contribution in [0.25, 0.3) is 21.6 Å². The van der Waals surface area contributed by atoms with Gasteiger partial charge in [0.05, 0.1) is 5.69 Å². The number of benzene rings is 1. The third-order valence-electron chi connectivity index (χ3n) is 4.77. The van der Waals surface area contributed by atoms with E-state index in [1.54, 1.807) is 11.3 Å². The van der Waals surface area contributed by atoms with E-state index < -0.39 is 0 Å². The van der Waals surface area contributed by atoms with Gasteiger partial charge in [-0.2, -0.15) is 0 Å². The number of aryl methyl sites for hydroxylation is 1. The van der Waals surface area contributed by atoms with Crippen LogP contribution < -0.4 is 5.32 Å². The first-order chi connectivity index (χ1) is 11.8. The van der Waals surface area contributed by atoms with Gasteiger partial charge in [-0.15, -0.1) is 11.3 Å². The Morgan fingerprint density at radius 3 is 2.92 bits per heavy atom. The molecule has 124 valence electrons. The normalized spacial score (nSPS) is 15.2. The van der Waals surface area contributed by atoms with Gasteiger partial charge in [0.25, 0.3) is 5.91 Å². The molecule has 4 nitrogen and oxygen atoms in total. The summed E-state index contributed by atoms with van der Waals surface area (Å²) in [5.41, 5.74) is 2.83. The van der Waals surface area contributed by atoms with Crippen LogP contribution in [0.1, 0.15) is 43.1 Å². The number of para-hydroxylation sites is 1. The number of carbonyl (C=O) groups excluding carboxylic acids is 1. The van der Waals surface area contributed by atoms with E-state index in [9.17, 15) is 4.79 Å². The predicted octanol–water partition coefficient (Wildman–Crippen LogP) is 4.46. The summed E-state index contributed by atoms with van der Waals surface area (Å²) < 4.78 is 2.26. The first-order valence-corrected chi connectivity index (χ1v) is 9.49. The molecule has 0 unspecified atom stereocenters. The van der Waals surface area contributed by atoms with Gasteiger partial charge >= 0.3 is 0 Å². The van der Waals surface area contributed by atoms with Crippen molar-refractivity contribution in [1.82, 2.24) is 14.9 Å². The molecular formula is C19H21N3OS. The van der Waals surface area contributed by atoms with Crippen LogP contribution in [0.3, 0.4) is 0 Å². The lowest BCUT2D eigenvalue weighted by Crippen LogP contribution is -2.32. The molecule has 0 saturated heterocycles. The highest BCUT2D eigenvalue weighted by Gasteiger charge is 2.20. The number of thiazole rings is 1. The van der Waals surface area contributed by atoms with E-state index in [1.165, 1.54) is 23.7 Å². The molecule has 1 saturated carbocycles. The lowest BCUT2D eigenvalue weighted by molar-refractivity contribution is 0.0933. The number of nitrogens with one attached hydrogen (secondary N) is 1. The minimum atomic E-state index is -0.0384. The summed E-state index contributed by atoms with van der Waals surface area (Å²) in [6.45, 7) is 3.02. The fourth-order valence-electron chi connectivity index (χ4n) is 3.55. The lowest BCUT2D eigenvalue weighted by atomic mass is 10.2. The second-order valence-electron chi connectivity index (χ2n) is 6.33. The highest BCUT2D eigenvalue weighted by atomic mass is 32.1. The minimum absolute atomic E-state index is 0.0384. The van der Waals surface area contributed by atoms with Crippen molar-refractivity contribution in [2.24, 2.45) is 0 Å². The maximum atomic E-state index is 12.4. The molecule has 3 aromatic rings. The molecule has 0 bridgehead atoms. The number of rotatable bonds is 4. The average Bonchev–Trinajstić information content (AvgIpc) is 3.33. The van der Waals surface area contributed by atoms with Crippen LogP contribution in [0.2, 0.25) is 0 Å². The Hall–Kier alpha value is -2.14. The molecule has 1 amide bonds. The molecule has 2 aromatic heterocycles. The summed E-state index contributed by atoms with van der Waals surface area (Å²) in [5.74, 6) is -0.0384. The molecule has 4 rings (SSSR count). The molecule has 0 radical (unpaired) electrons. The van der Waals surface area contributed by atoms with Gasteiger partial charge in [-0.25, -0.2) is 4.98 Å². The van der Waals surface area contributed by atoms with Gasteiger partial charge < -0.3 is 9.88 Å². The summed E-state index contributed by atoms with van der Waals surface area (Å²) >= 11 is 1.54. The SMILES string of the molecule is CCn1c(-c2nc(C(=O)NC3CCCC3)cs2)cc2ccccc21. The van der Waals surface area contributed by atoms with E-state index >= 15 is 0 Å². The standard InChI is InChI=1S/C19H21N3OS/c1-2-22-16-10-6-3-7-13(16)11-17(22)19-21-15(12-24-19)18(23)20-14-8-4-5-9-14/h3,6-7,10-12,14H,2,4-5,8-9H2,1H3,(H,20,23). The second-order valence-corrected chi connectivity index (χ2v) is 7.18. The zero-order valence-electron chi connectivity index (χ0n) is 13.8. The van der Waals surface area contributed by atoms with Crippen LogP contribution in [-0.2, 0) is 6.54 Å². The quantitative estimate of drug-likeness (QED) is 0.763. The number of hydrogen-bond acceptors (Lipinski definition) is 3. The number of aromatic nitrogens is 2. The Kier molecular flexibility index (Phi) is 4.10. The van der Waals surface area contributed by atoms with Crippen LogP contribution in [0.15, 0.2) is 35.7 Å². The van der Waals surface area contributed by atoms with Crippen molar-refractivity contribution in [3.63, 3.8) is 0 Å². The topological polar surface area (TPSA) is 46.9 Å². The van der Waals surface area contributed by atoms with E-state index in [-0.39, 0.29) is 5.91 Å². The van der Waals surface area contributed by atoms with Gasteiger partial charge in [-0.05, 0) is 31.9 Å². The monoisotopic (exact) mass is 339 g/mol. The molecule has 5 heteroatoms. The van der Waals surface area contributed by atoms with E-state index in [0.29, 0.717) is 11.7 Å². The third-order valence-corrected chi connectivity index (χ3v) is 5.64. The van der Waals surface area contributed by atoms with Crippen molar-refractivity contribution in [3.8, 4) is 10.7 Å². The maximum Gasteiger partial charge on any atom is 0.270 e. The molecular weight excluding hydrogens is 318 g/mol. The maximum absolute atomic E-state index is 12.4. The first kappa shape index (κ1) is 15.4. The van der Waals surface area contributed by atoms with Crippen molar-refractivity contribution in [2.45, 2.75) is 45.2 Å². The molecule has 2 heterocycles. The minimum Gasteiger partial charge on any atom is -0.348 e. The summed E-state index contributed by atoms with van der Waals surface area (Å²) in [7, 11) is 0. The molecule has 1 N–H and O–H groups in total. The Bertz CT molecular complexity index is 874. The third kappa shape index (κ3) is 2.73. The van der Waals surface area contributed by atoms with Gasteiger partial charge in [0.1, 0.15) is 10.7 Å². The van der Waals surface area contributed by atoms with Crippen LogP contribution in [0, 0.1) is 0 Å². The van der Waals surface area contributed by atoms with Gasteiger partial charge in [-0.3, -0.25) is 4.79 Å². The number of nitrogens with zero attached hydrogens (tertiary/aromatic N) is 2. The molecule has 1 aliphatic carbocycles. The molecule has 0 atom stereocenters. The van der Waals surface area contributed by atoms with Crippen molar-refractivity contribution in [1.29, 1.82) is 0 Å². The van der Waals surface area contributed by atoms with E-state index in [1.807, 2.05) is 5.38 Å². The highest BCUT2D eigenvalue weighted by Crippen LogP contribution is 2.30. The number of amides is 1. The Morgan fingerprint density at radius 2 is 2.12 bits per heavy atom. The number of fused-ring (bicyclic) bond motifs is 1. The lowest BCUT2D eigenvalue weighted by Gasteiger charge is -2.10. The highest BCUT2D eigenvalue weighted by molar-refractivity contribution is 7.13. The van der Waals surface area contributed by atoms with Crippen LogP contribution >= 0.6 is 11.3 Å². The number of hydrogen-bond donors (Lipinski definition) is 1. The smallest absolute Gasteiger partial charge is 0.270 e. The predicted molar refractivity (Wildman–Crippen MR) is 98.4 cm³/mol. The van der Waals surface area contributed by atoms with E-state index in [0.717, 1.165) is 30.1 Å². The van der Waals surface area contributed by atoms with Gasteiger partial charge in [0.15, 0.2) is 0 Å². The van der Waals surface area contributed by atoms with Gasteiger partial charge in [-0.1, -0.05) is 31.0 Å². The summed E-state index contributed by atoms with van der Waals surface area (Å²) in [5, 5.41) is 7.10. The molecule has 1 fully saturated rings. The fraction of sp³-hybridized carbons (Fsp3) is 0.368. The van der Waals surface area contributed by atoms with Crippen molar-refractivity contribution in [3.05, 3.63) is 41.4 Å². The fourth-order valence-corrected chi connectivity index (χ4v) is 4.38. The van der Waals surface area contributed by atoms with Crippen LogP contribution in [-0.4, -0.2) is 21.5 Å². The molecule has 1 aliphatic rings. The number of carbonyl (C=O) groups is 1. The van der Waals surface area contributed by atoms with Crippen molar-refractivity contribution < 1.29 is 4.79 Å². The molecule has 0 aliphatic heterocycles. The van der Waals surface area contributed by atoms with Crippen molar-refractivity contribution >= 4 is 28.1 Å². The second kappa shape index (κ2) is 6.40. The molecule has 24 heavy (non-hydrogen) atoms.